The van der Waals surface area contributed by atoms with Gasteiger partial charge in [-0.05, 0) is 34.8 Å². The van der Waals surface area contributed by atoms with E-state index >= 15 is 0 Å². The molecule has 0 spiro atoms. The van der Waals surface area contributed by atoms with Gasteiger partial charge >= 0.3 is 0 Å². The minimum atomic E-state index is -3.39. The maximum atomic E-state index is 11.6. The fourth-order valence-electron chi connectivity index (χ4n) is 2.82. The Hall–Kier alpha value is -0.950. The van der Waals surface area contributed by atoms with Crippen molar-refractivity contribution in [2.24, 2.45) is 0 Å². The summed E-state index contributed by atoms with van der Waals surface area (Å²) in [5, 5.41) is 4.11. The van der Waals surface area contributed by atoms with Gasteiger partial charge in [0.05, 0.1) is 11.7 Å². The van der Waals surface area contributed by atoms with Crippen LogP contribution in [0.1, 0.15) is 57.6 Å². The molecule has 0 aromatic carbocycles. The fraction of sp³-hybridized carbons (Fsp3) is 0.600. The molecular formula is C15H22BrN3O2S. The number of hydrogen-bond acceptors (Lipinski definition) is 4. The molecule has 3 rings (SSSR count). The average molecular weight is 388 g/mol. The lowest BCUT2D eigenvalue weighted by Crippen LogP contribution is -2.12. The third kappa shape index (κ3) is 3.51. The molecule has 0 unspecified atom stereocenters. The minimum Gasteiger partial charge on any atom is -0.232 e. The van der Waals surface area contributed by atoms with E-state index in [4.69, 9.17) is 0 Å². The second-order valence-electron chi connectivity index (χ2n) is 5.36. The molecule has 1 aliphatic carbocycles. The smallest absolute Gasteiger partial charge is 0.232 e. The van der Waals surface area contributed by atoms with Gasteiger partial charge in [-0.3, -0.25) is 0 Å². The van der Waals surface area contributed by atoms with Crippen LogP contribution in [0.4, 0.5) is 0 Å². The SMILES string of the molecule is CC.CS(=O)(=O)c1ncc2c(Br)cc(C3CCCCC3)n2n1. The maximum Gasteiger partial charge on any atom is 0.265 e. The number of rotatable bonds is 2. The van der Waals surface area contributed by atoms with Crippen LogP contribution in [0, 0.1) is 0 Å². The first-order valence-electron chi connectivity index (χ1n) is 7.71. The first-order chi connectivity index (χ1) is 10.5. The van der Waals surface area contributed by atoms with Gasteiger partial charge in [0, 0.05) is 22.3 Å². The van der Waals surface area contributed by atoms with Crippen molar-refractivity contribution in [3.63, 3.8) is 0 Å². The summed E-state index contributed by atoms with van der Waals surface area (Å²) in [5.74, 6) is 0.449. The first-order valence-corrected chi connectivity index (χ1v) is 10.4. The van der Waals surface area contributed by atoms with Crippen LogP contribution >= 0.6 is 15.9 Å². The van der Waals surface area contributed by atoms with Crippen LogP contribution in [0.2, 0.25) is 0 Å². The second kappa shape index (κ2) is 7.08. The minimum absolute atomic E-state index is 0.120. The summed E-state index contributed by atoms with van der Waals surface area (Å²) >= 11 is 3.51. The van der Waals surface area contributed by atoms with Crippen LogP contribution in [0.25, 0.3) is 5.52 Å². The summed E-state index contributed by atoms with van der Waals surface area (Å²) in [7, 11) is -3.39. The van der Waals surface area contributed by atoms with Crippen molar-refractivity contribution in [3.05, 3.63) is 22.4 Å². The van der Waals surface area contributed by atoms with Gasteiger partial charge < -0.3 is 0 Å². The van der Waals surface area contributed by atoms with Crippen molar-refractivity contribution in [2.75, 3.05) is 6.26 Å². The molecule has 2 heterocycles. The van der Waals surface area contributed by atoms with Crippen molar-refractivity contribution < 1.29 is 8.42 Å². The largest absolute Gasteiger partial charge is 0.265 e. The Morgan fingerprint density at radius 1 is 1.23 bits per heavy atom. The Kier molecular flexibility index (Phi) is 5.60. The van der Waals surface area contributed by atoms with Gasteiger partial charge in [-0.15, -0.1) is 5.10 Å². The zero-order valence-electron chi connectivity index (χ0n) is 13.2. The third-order valence-electron chi connectivity index (χ3n) is 3.83. The van der Waals surface area contributed by atoms with Gasteiger partial charge in [-0.2, -0.15) is 0 Å². The van der Waals surface area contributed by atoms with Gasteiger partial charge in [0.15, 0.2) is 0 Å². The molecule has 1 saturated carbocycles. The van der Waals surface area contributed by atoms with E-state index in [-0.39, 0.29) is 5.16 Å². The van der Waals surface area contributed by atoms with Crippen LogP contribution in [0.5, 0.6) is 0 Å². The number of fused-ring (bicyclic) bond motifs is 1. The van der Waals surface area contributed by atoms with Crippen molar-refractivity contribution in [1.82, 2.24) is 14.6 Å². The van der Waals surface area contributed by atoms with E-state index < -0.39 is 9.84 Å². The van der Waals surface area contributed by atoms with Gasteiger partial charge in [-0.1, -0.05) is 33.1 Å². The van der Waals surface area contributed by atoms with Crippen LogP contribution < -0.4 is 0 Å². The molecule has 0 aliphatic heterocycles. The van der Waals surface area contributed by atoms with Crippen molar-refractivity contribution >= 4 is 31.3 Å². The Morgan fingerprint density at radius 3 is 2.45 bits per heavy atom. The van der Waals surface area contributed by atoms with Gasteiger partial charge in [0.25, 0.3) is 5.16 Å². The summed E-state index contributed by atoms with van der Waals surface area (Å²) in [6.45, 7) is 4.00. The van der Waals surface area contributed by atoms with E-state index in [0.717, 1.165) is 34.8 Å². The van der Waals surface area contributed by atoms with E-state index in [1.54, 1.807) is 10.7 Å². The topological polar surface area (TPSA) is 64.3 Å². The van der Waals surface area contributed by atoms with Crippen LogP contribution in [-0.4, -0.2) is 29.3 Å². The van der Waals surface area contributed by atoms with E-state index in [9.17, 15) is 8.42 Å². The van der Waals surface area contributed by atoms with E-state index in [2.05, 4.69) is 26.0 Å². The summed E-state index contributed by atoms with van der Waals surface area (Å²) in [6.07, 6.45) is 8.70. The summed E-state index contributed by atoms with van der Waals surface area (Å²) in [5.41, 5.74) is 1.90. The molecule has 0 amide bonds. The molecule has 7 heteroatoms. The number of nitrogens with zero attached hydrogens (tertiary/aromatic N) is 3. The highest BCUT2D eigenvalue weighted by Gasteiger charge is 2.22. The zero-order chi connectivity index (χ0) is 16.3. The molecule has 122 valence electrons. The third-order valence-corrected chi connectivity index (χ3v) is 5.32. The molecule has 0 saturated heterocycles. The Morgan fingerprint density at radius 2 is 1.86 bits per heavy atom. The van der Waals surface area contributed by atoms with Crippen molar-refractivity contribution in [1.29, 1.82) is 0 Å². The van der Waals surface area contributed by atoms with Crippen LogP contribution in [-0.2, 0) is 9.84 Å². The molecule has 2 aromatic rings. The lowest BCUT2D eigenvalue weighted by atomic mass is 9.87. The Bertz CT molecular complexity index is 749. The summed E-state index contributed by atoms with van der Waals surface area (Å²) in [6, 6.07) is 2.05. The van der Waals surface area contributed by atoms with Gasteiger partial charge in [0.1, 0.15) is 0 Å². The highest BCUT2D eigenvalue weighted by atomic mass is 79.9. The van der Waals surface area contributed by atoms with Gasteiger partial charge in [0.2, 0.25) is 9.84 Å². The average Bonchev–Trinajstić information content (AvgIpc) is 2.86. The molecule has 0 radical (unpaired) electrons. The second-order valence-corrected chi connectivity index (χ2v) is 8.13. The lowest BCUT2D eigenvalue weighted by Gasteiger charge is -2.21. The maximum absolute atomic E-state index is 11.6. The normalized spacial score (nSPS) is 16.4. The Balaban J connectivity index is 0.000000847. The summed E-state index contributed by atoms with van der Waals surface area (Å²) < 4.78 is 25.9. The highest BCUT2D eigenvalue weighted by Crippen LogP contribution is 2.35. The summed E-state index contributed by atoms with van der Waals surface area (Å²) in [4.78, 5) is 3.95. The Labute approximate surface area is 140 Å². The standard InChI is InChI=1S/C13H16BrN3O2S.C2H6/c1-20(18,19)13-15-8-12-10(14)7-11(17(12)16-13)9-5-3-2-4-6-9;1-2/h7-9H,2-6H2,1H3;1-2H3. The quantitative estimate of drug-likeness (QED) is 0.781. The molecular weight excluding hydrogens is 366 g/mol. The predicted molar refractivity (Wildman–Crippen MR) is 91.0 cm³/mol. The van der Waals surface area contributed by atoms with Crippen molar-refractivity contribution in [2.45, 2.75) is 57.0 Å². The first kappa shape index (κ1) is 17.4. The van der Waals surface area contributed by atoms with E-state index in [1.165, 1.54) is 19.3 Å². The molecule has 1 fully saturated rings. The zero-order valence-corrected chi connectivity index (χ0v) is 15.6. The molecule has 0 N–H and O–H groups in total. The number of aromatic nitrogens is 3. The lowest BCUT2D eigenvalue weighted by molar-refractivity contribution is 0.430. The molecule has 2 aromatic heterocycles. The number of hydrogen-bond donors (Lipinski definition) is 0. The fourth-order valence-corrected chi connectivity index (χ4v) is 3.80. The molecule has 22 heavy (non-hydrogen) atoms. The number of halogens is 1. The van der Waals surface area contributed by atoms with Crippen LogP contribution in [0.15, 0.2) is 21.9 Å². The highest BCUT2D eigenvalue weighted by molar-refractivity contribution is 9.10. The van der Waals surface area contributed by atoms with E-state index in [1.807, 2.05) is 19.9 Å². The monoisotopic (exact) mass is 387 g/mol. The molecule has 1 aliphatic rings. The predicted octanol–water partition coefficient (Wildman–Crippen LogP) is 3.97. The van der Waals surface area contributed by atoms with Crippen molar-refractivity contribution in [3.8, 4) is 0 Å². The molecule has 5 nitrogen and oxygen atoms in total. The number of sulfone groups is 1. The van der Waals surface area contributed by atoms with Crippen LogP contribution in [0.3, 0.4) is 0 Å². The molecule has 0 atom stereocenters. The van der Waals surface area contributed by atoms with E-state index in [0.29, 0.717) is 5.92 Å². The van der Waals surface area contributed by atoms with Gasteiger partial charge in [-0.25, -0.2) is 17.9 Å². The molecule has 0 bridgehead atoms.